The van der Waals surface area contributed by atoms with Crippen LogP contribution in [0, 0.1) is 6.92 Å². The van der Waals surface area contributed by atoms with Crippen LogP contribution < -0.4 is 0 Å². The van der Waals surface area contributed by atoms with Crippen LogP contribution in [0.4, 0.5) is 0 Å². The number of ether oxygens (including phenoxy) is 1. The molecule has 0 aliphatic heterocycles. The third-order valence-corrected chi connectivity index (χ3v) is 7.61. The fourth-order valence-corrected chi connectivity index (χ4v) is 5.28. The molecule has 6 heteroatoms. The number of aryl methyl sites for hydroxylation is 1. The minimum atomic E-state index is -3.77. The summed E-state index contributed by atoms with van der Waals surface area (Å²) in [6.45, 7) is 4.18. The molecule has 32 heavy (non-hydrogen) atoms. The topological polar surface area (TPSA) is 52.6 Å². The van der Waals surface area contributed by atoms with E-state index in [2.05, 4.69) is 40.2 Å². The van der Waals surface area contributed by atoms with Crippen LogP contribution in [0.25, 0.3) is 0 Å². The molecule has 0 saturated carbocycles. The lowest BCUT2D eigenvalue weighted by Gasteiger charge is -2.24. The molecular formula is C26H29BrO4S. The third kappa shape index (κ3) is 7.01. The van der Waals surface area contributed by atoms with E-state index in [1.165, 1.54) is 0 Å². The molecule has 170 valence electrons. The van der Waals surface area contributed by atoms with E-state index < -0.39 is 16.2 Å². The molecule has 0 heterocycles. The van der Waals surface area contributed by atoms with Gasteiger partial charge >= 0.3 is 0 Å². The first kappa shape index (κ1) is 24.6. The highest BCUT2D eigenvalue weighted by molar-refractivity contribution is 9.09. The minimum absolute atomic E-state index is 0.00156. The summed E-state index contributed by atoms with van der Waals surface area (Å²) in [6, 6.07) is 27.0. The van der Waals surface area contributed by atoms with E-state index in [1.807, 2.05) is 43.3 Å². The maximum absolute atomic E-state index is 12.5. The summed E-state index contributed by atoms with van der Waals surface area (Å²) in [6.07, 6.45) is 0.660. The summed E-state index contributed by atoms with van der Waals surface area (Å²) in [5.74, 6) is 0. The minimum Gasteiger partial charge on any atom is -0.372 e. The normalized spacial score (nSPS) is 14.6. The highest BCUT2D eigenvalue weighted by Crippen LogP contribution is 2.38. The van der Waals surface area contributed by atoms with Crippen LogP contribution in [0.15, 0.2) is 89.8 Å². The highest BCUT2D eigenvalue weighted by Gasteiger charge is 2.23. The van der Waals surface area contributed by atoms with E-state index in [0.29, 0.717) is 19.4 Å². The predicted octanol–water partition coefficient (Wildman–Crippen LogP) is 6.76. The maximum atomic E-state index is 12.5. The monoisotopic (exact) mass is 516 g/mol. The Labute approximate surface area is 199 Å². The number of rotatable bonds is 11. The van der Waals surface area contributed by atoms with Gasteiger partial charge in [-0.15, -0.1) is 0 Å². The zero-order chi connectivity index (χ0) is 23.0. The highest BCUT2D eigenvalue weighted by atomic mass is 79.9. The van der Waals surface area contributed by atoms with E-state index in [1.54, 1.807) is 31.2 Å². The molecule has 1 unspecified atom stereocenters. The lowest BCUT2D eigenvalue weighted by Crippen LogP contribution is -2.17. The van der Waals surface area contributed by atoms with Crippen LogP contribution in [0.5, 0.6) is 0 Å². The Balaban J connectivity index is 1.56. The van der Waals surface area contributed by atoms with Crippen molar-refractivity contribution in [1.29, 1.82) is 0 Å². The summed E-state index contributed by atoms with van der Waals surface area (Å²) in [5, 5.41) is 0. The maximum Gasteiger partial charge on any atom is 0.297 e. The molecule has 0 radical (unpaired) electrons. The van der Waals surface area contributed by atoms with E-state index in [9.17, 15) is 8.42 Å². The Bertz CT molecular complexity index is 1050. The second-order valence-electron chi connectivity index (χ2n) is 7.83. The fourth-order valence-electron chi connectivity index (χ4n) is 3.41. The summed E-state index contributed by atoms with van der Waals surface area (Å²) >= 11 is 3.81. The van der Waals surface area contributed by atoms with Gasteiger partial charge in [-0.1, -0.05) is 94.3 Å². The van der Waals surface area contributed by atoms with Crippen LogP contribution in [0.2, 0.25) is 0 Å². The van der Waals surface area contributed by atoms with E-state index >= 15 is 0 Å². The molecule has 3 aromatic carbocycles. The van der Waals surface area contributed by atoms with Crippen molar-refractivity contribution < 1.29 is 17.3 Å². The quantitative estimate of drug-likeness (QED) is 0.160. The average Bonchev–Trinajstić information content (AvgIpc) is 2.80. The summed E-state index contributed by atoms with van der Waals surface area (Å²) in [7, 11) is -3.77. The predicted molar refractivity (Wildman–Crippen MR) is 131 cm³/mol. The van der Waals surface area contributed by atoms with Gasteiger partial charge in [0.05, 0.1) is 21.9 Å². The molecule has 3 rings (SSSR count). The Hall–Kier alpha value is -1.99. The van der Waals surface area contributed by atoms with Gasteiger partial charge in [-0.25, -0.2) is 0 Å². The van der Waals surface area contributed by atoms with Crippen molar-refractivity contribution >= 4 is 26.0 Å². The van der Waals surface area contributed by atoms with Crippen molar-refractivity contribution in [2.24, 2.45) is 0 Å². The van der Waals surface area contributed by atoms with Crippen LogP contribution >= 0.6 is 15.9 Å². The van der Waals surface area contributed by atoms with E-state index in [-0.39, 0.29) is 15.8 Å². The van der Waals surface area contributed by atoms with Crippen LogP contribution in [0.3, 0.4) is 0 Å². The molecule has 0 amide bonds. The summed E-state index contributed by atoms with van der Waals surface area (Å²) < 4.78 is 36.6. The molecule has 0 aromatic heterocycles. The molecule has 0 bridgehead atoms. The molecule has 4 nitrogen and oxygen atoms in total. The molecule has 0 aliphatic carbocycles. The number of benzene rings is 3. The molecule has 0 saturated heterocycles. The summed E-state index contributed by atoms with van der Waals surface area (Å²) in [4.78, 5) is 0.182. The second-order valence-corrected chi connectivity index (χ2v) is 10.4. The van der Waals surface area contributed by atoms with Crippen molar-refractivity contribution in [3.8, 4) is 0 Å². The Morgan fingerprint density at radius 2 is 1.41 bits per heavy atom. The third-order valence-electron chi connectivity index (χ3n) is 5.16. The van der Waals surface area contributed by atoms with Gasteiger partial charge < -0.3 is 4.74 Å². The van der Waals surface area contributed by atoms with Gasteiger partial charge in [0.15, 0.2) is 0 Å². The van der Waals surface area contributed by atoms with Crippen LogP contribution in [-0.4, -0.2) is 21.1 Å². The Morgan fingerprint density at radius 1 is 0.844 bits per heavy atom. The number of halogens is 1. The molecule has 3 atom stereocenters. The van der Waals surface area contributed by atoms with Gasteiger partial charge in [-0.05, 0) is 49.9 Å². The number of hydrogen-bond acceptors (Lipinski definition) is 4. The lowest BCUT2D eigenvalue weighted by atomic mass is 10.0. The Kier molecular flexibility index (Phi) is 9.05. The van der Waals surface area contributed by atoms with Gasteiger partial charge in [0.25, 0.3) is 10.1 Å². The zero-order valence-corrected chi connectivity index (χ0v) is 20.8. The standard InChI is InChI=1S/C26H29BrO4S/c1-20-15-17-24(18-16-20)32(28,29)31-21(2)10-9-19-30-26(23-13-7-4-8-14-23)25(27)22-11-5-3-6-12-22/h3-8,11-18,21,25-26H,9-10,19H2,1-2H3/t21?,25-,26+/m0/s1. The summed E-state index contributed by atoms with van der Waals surface area (Å²) in [5.41, 5.74) is 3.23. The van der Waals surface area contributed by atoms with E-state index in [4.69, 9.17) is 8.92 Å². The van der Waals surface area contributed by atoms with Crippen molar-refractivity contribution in [3.05, 3.63) is 102 Å². The van der Waals surface area contributed by atoms with Gasteiger partial charge in [0.2, 0.25) is 0 Å². The molecule has 0 fully saturated rings. The van der Waals surface area contributed by atoms with Crippen LogP contribution in [0.1, 0.15) is 47.4 Å². The van der Waals surface area contributed by atoms with Crippen LogP contribution in [-0.2, 0) is 19.0 Å². The fraction of sp³-hybridized carbons (Fsp3) is 0.308. The molecule has 0 N–H and O–H groups in total. The smallest absolute Gasteiger partial charge is 0.297 e. The van der Waals surface area contributed by atoms with Gasteiger partial charge in [-0.3, -0.25) is 4.18 Å². The molecule has 0 spiro atoms. The SMILES string of the molecule is Cc1ccc(S(=O)(=O)OC(C)CCCO[C@H](c2ccccc2)[C@@H](Br)c2ccccc2)cc1. The number of hydrogen-bond donors (Lipinski definition) is 0. The van der Waals surface area contributed by atoms with Gasteiger partial charge in [-0.2, -0.15) is 8.42 Å². The van der Waals surface area contributed by atoms with Crippen molar-refractivity contribution in [1.82, 2.24) is 0 Å². The lowest BCUT2D eigenvalue weighted by molar-refractivity contribution is 0.0449. The number of alkyl halides is 1. The zero-order valence-electron chi connectivity index (χ0n) is 18.4. The molecule has 3 aromatic rings. The molecule has 0 aliphatic rings. The van der Waals surface area contributed by atoms with Crippen molar-refractivity contribution in [2.45, 2.75) is 48.6 Å². The average molecular weight is 517 g/mol. The van der Waals surface area contributed by atoms with E-state index in [0.717, 1.165) is 16.7 Å². The Morgan fingerprint density at radius 3 is 2.00 bits per heavy atom. The van der Waals surface area contributed by atoms with Gasteiger partial charge in [0, 0.05) is 6.61 Å². The van der Waals surface area contributed by atoms with Crippen molar-refractivity contribution in [3.63, 3.8) is 0 Å². The largest absolute Gasteiger partial charge is 0.372 e. The first-order chi connectivity index (χ1) is 15.4. The van der Waals surface area contributed by atoms with Crippen molar-refractivity contribution in [2.75, 3.05) is 6.61 Å². The second kappa shape index (κ2) is 11.8. The first-order valence-corrected chi connectivity index (χ1v) is 13.0. The van der Waals surface area contributed by atoms with Gasteiger partial charge in [0.1, 0.15) is 0 Å². The first-order valence-electron chi connectivity index (χ1n) is 10.7. The molecular weight excluding hydrogens is 488 g/mol.